The number of carbonyl (C=O) groups is 1. The Kier molecular flexibility index (Phi) is 5.92. The fourth-order valence-electron chi connectivity index (χ4n) is 4.94. The lowest BCUT2D eigenvalue weighted by atomic mass is 9.87. The molecule has 0 bridgehead atoms. The maximum Gasteiger partial charge on any atom is 0.411 e. The van der Waals surface area contributed by atoms with Gasteiger partial charge in [0.1, 0.15) is 11.6 Å². The molecule has 0 saturated carbocycles. The van der Waals surface area contributed by atoms with Crippen molar-refractivity contribution in [3.63, 3.8) is 0 Å². The van der Waals surface area contributed by atoms with Crippen molar-refractivity contribution in [2.24, 2.45) is 0 Å². The molecular weight excluding hydrogens is 462 g/mol. The summed E-state index contributed by atoms with van der Waals surface area (Å²) in [4.78, 5) is 24.6. The van der Waals surface area contributed by atoms with Gasteiger partial charge >= 0.3 is 6.18 Å². The molecule has 1 fully saturated rings. The van der Waals surface area contributed by atoms with Crippen molar-refractivity contribution >= 4 is 27.8 Å². The van der Waals surface area contributed by atoms with Crippen LogP contribution in [0.2, 0.25) is 0 Å². The summed E-state index contributed by atoms with van der Waals surface area (Å²) in [5.74, 6) is -0.901. The Labute approximate surface area is 198 Å². The number of rotatable bonds is 4. The number of pyridine rings is 1. The van der Waals surface area contributed by atoms with Crippen LogP contribution in [0.25, 0.3) is 21.9 Å². The van der Waals surface area contributed by atoms with Crippen molar-refractivity contribution in [2.45, 2.75) is 31.0 Å². The number of piperidine rings is 1. The van der Waals surface area contributed by atoms with E-state index in [1.54, 1.807) is 12.3 Å². The topological polar surface area (TPSA) is 73.9 Å². The summed E-state index contributed by atoms with van der Waals surface area (Å²) in [5, 5.41) is 3.19. The molecule has 2 N–H and O–H groups in total. The third-order valence-corrected chi connectivity index (χ3v) is 6.63. The number of nitrogens with zero attached hydrogens (tertiary/aromatic N) is 3. The molecule has 0 spiro atoms. The van der Waals surface area contributed by atoms with Gasteiger partial charge in [0, 0.05) is 24.2 Å². The third kappa shape index (κ3) is 4.45. The molecule has 1 amide bonds. The highest BCUT2D eigenvalue weighted by Gasteiger charge is 2.47. The number of benzene rings is 2. The van der Waals surface area contributed by atoms with Crippen molar-refractivity contribution in [3.05, 3.63) is 71.4 Å². The predicted molar refractivity (Wildman–Crippen MR) is 124 cm³/mol. The van der Waals surface area contributed by atoms with Crippen LogP contribution in [-0.2, 0) is 0 Å². The van der Waals surface area contributed by atoms with Crippen molar-refractivity contribution in [1.82, 2.24) is 25.2 Å². The Balaban J connectivity index is 1.41. The second-order valence-electron chi connectivity index (χ2n) is 8.75. The van der Waals surface area contributed by atoms with Gasteiger partial charge in [-0.25, -0.2) is 9.37 Å². The Morgan fingerprint density at radius 3 is 2.57 bits per heavy atom. The molecule has 2 aromatic heterocycles. The van der Waals surface area contributed by atoms with E-state index in [1.807, 2.05) is 6.07 Å². The van der Waals surface area contributed by atoms with Gasteiger partial charge in [0.05, 0.1) is 16.6 Å². The van der Waals surface area contributed by atoms with Crippen LogP contribution in [0.3, 0.4) is 0 Å². The summed E-state index contributed by atoms with van der Waals surface area (Å²) in [6.07, 6.45) is -1.91. The summed E-state index contributed by atoms with van der Waals surface area (Å²) in [5.41, 5.74) is 2.64. The van der Waals surface area contributed by atoms with Gasteiger partial charge in [-0.15, -0.1) is 0 Å². The van der Waals surface area contributed by atoms with Gasteiger partial charge in [-0.05, 0) is 79.9 Å². The molecule has 0 aliphatic carbocycles. The highest BCUT2D eigenvalue weighted by molar-refractivity contribution is 5.97. The Bertz CT molecular complexity index is 1390. The van der Waals surface area contributed by atoms with Gasteiger partial charge in [0.15, 0.2) is 6.04 Å². The van der Waals surface area contributed by atoms with E-state index in [2.05, 4.69) is 20.3 Å². The predicted octanol–water partition coefficient (Wildman–Crippen LogP) is 5.09. The number of hydrogen-bond acceptors (Lipinski definition) is 4. The standard InChI is InChI=1S/C25H23F4N5O/c1-30-24(35)15-2-4-20-21(12-15)33-23(32-20)22(25(27,28)29)34-10-7-14(8-11-34)17-6-9-31-19-5-3-16(26)13-18(17)19/h2-6,9,12-14,22H,7-8,10-11H2,1H3,(H,30,35)(H,32,33)/t22-/m0/s1. The van der Waals surface area contributed by atoms with E-state index >= 15 is 0 Å². The molecule has 1 saturated heterocycles. The SMILES string of the molecule is CNC(=O)c1ccc2nc([C@H](N3CCC(c4ccnc5ccc(F)cc45)CC3)C(F)(F)F)[nH]c2c1. The van der Waals surface area contributed by atoms with Crippen LogP contribution in [0.15, 0.2) is 48.7 Å². The first kappa shape index (κ1) is 23.2. The monoisotopic (exact) mass is 485 g/mol. The van der Waals surface area contributed by atoms with Gasteiger partial charge in [-0.3, -0.25) is 14.7 Å². The average Bonchev–Trinajstić information content (AvgIpc) is 3.25. The number of H-pyrrole nitrogens is 1. The van der Waals surface area contributed by atoms with E-state index < -0.39 is 12.2 Å². The number of halogens is 4. The number of carbonyl (C=O) groups excluding carboxylic acids is 1. The minimum atomic E-state index is -4.54. The van der Waals surface area contributed by atoms with E-state index in [9.17, 15) is 22.4 Å². The maximum atomic E-state index is 14.2. The Morgan fingerprint density at radius 1 is 1.11 bits per heavy atom. The summed E-state index contributed by atoms with van der Waals surface area (Å²) >= 11 is 0. The Morgan fingerprint density at radius 2 is 1.86 bits per heavy atom. The zero-order chi connectivity index (χ0) is 24.7. The molecule has 5 rings (SSSR count). The van der Waals surface area contributed by atoms with E-state index in [0.29, 0.717) is 40.3 Å². The number of alkyl halides is 3. The van der Waals surface area contributed by atoms with Crippen LogP contribution in [0.4, 0.5) is 17.6 Å². The molecule has 10 heteroatoms. The highest BCUT2D eigenvalue weighted by Crippen LogP contribution is 2.41. The van der Waals surface area contributed by atoms with Gasteiger partial charge in [0.25, 0.3) is 5.91 Å². The molecule has 0 radical (unpaired) electrons. The lowest BCUT2D eigenvalue weighted by Gasteiger charge is -2.37. The number of imidazole rings is 1. The second-order valence-corrected chi connectivity index (χ2v) is 8.75. The van der Waals surface area contributed by atoms with Gasteiger partial charge < -0.3 is 10.3 Å². The fourth-order valence-corrected chi connectivity index (χ4v) is 4.94. The normalized spacial score (nSPS) is 16.6. The summed E-state index contributed by atoms with van der Waals surface area (Å²) in [6, 6.07) is 8.88. The minimum absolute atomic E-state index is 0.00165. The first-order valence-corrected chi connectivity index (χ1v) is 11.3. The van der Waals surface area contributed by atoms with Crippen molar-refractivity contribution in [2.75, 3.05) is 20.1 Å². The number of fused-ring (bicyclic) bond motifs is 2. The van der Waals surface area contributed by atoms with Crippen molar-refractivity contribution in [1.29, 1.82) is 0 Å². The largest absolute Gasteiger partial charge is 0.411 e. The molecular formula is C25H23F4N5O. The van der Waals surface area contributed by atoms with Crippen LogP contribution in [0.1, 0.15) is 46.5 Å². The second kappa shape index (κ2) is 8.92. The molecule has 2 aromatic carbocycles. The lowest BCUT2D eigenvalue weighted by molar-refractivity contribution is -0.191. The van der Waals surface area contributed by atoms with E-state index in [1.165, 1.54) is 42.3 Å². The van der Waals surface area contributed by atoms with Crippen molar-refractivity contribution < 1.29 is 22.4 Å². The van der Waals surface area contributed by atoms with Crippen LogP contribution in [0, 0.1) is 5.82 Å². The maximum absolute atomic E-state index is 14.2. The van der Waals surface area contributed by atoms with Crippen LogP contribution < -0.4 is 5.32 Å². The van der Waals surface area contributed by atoms with Gasteiger partial charge in [0.2, 0.25) is 0 Å². The molecule has 1 atom stereocenters. The number of nitrogens with one attached hydrogen (secondary N) is 2. The smallest absolute Gasteiger partial charge is 0.355 e. The zero-order valence-corrected chi connectivity index (χ0v) is 18.9. The fraction of sp³-hybridized carbons (Fsp3) is 0.320. The van der Waals surface area contributed by atoms with Crippen LogP contribution in [-0.4, -0.2) is 52.1 Å². The number of aromatic amines is 1. The highest BCUT2D eigenvalue weighted by atomic mass is 19.4. The number of hydrogen-bond donors (Lipinski definition) is 2. The zero-order valence-electron chi connectivity index (χ0n) is 18.9. The van der Waals surface area contributed by atoms with E-state index in [0.717, 1.165) is 5.56 Å². The molecule has 1 aliphatic heterocycles. The molecule has 4 aromatic rings. The average molecular weight is 485 g/mol. The van der Waals surface area contributed by atoms with E-state index in [4.69, 9.17) is 0 Å². The van der Waals surface area contributed by atoms with E-state index in [-0.39, 0.29) is 36.6 Å². The van der Waals surface area contributed by atoms with Crippen LogP contribution in [0.5, 0.6) is 0 Å². The van der Waals surface area contributed by atoms with Gasteiger partial charge in [-0.1, -0.05) is 0 Å². The number of likely N-dealkylation sites (tertiary alicyclic amines) is 1. The first-order chi connectivity index (χ1) is 16.7. The molecule has 3 heterocycles. The molecule has 0 unspecified atom stereocenters. The number of amides is 1. The minimum Gasteiger partial charge on any atom is -0.355 e. The molecule has 1 aliphatic rings. The summed E-state index contributed by atoms with van der Waals surface area (Å²) in [7, 11) is 1.49. The lowest BCUT2D eigenvalue weighted by Crippen LogP contribution is -2.43. The molecule has 182 valence electrons. The molecule has 6 nitrogen and oxygen atoms in total. The van der Waals surface area contributed by atoms with Crippen LogP contribution >= 0.6 is 0 Å². The van der Waals surface area contributed by atoms with Gasteiger partial charge in [-0.2, -0.15) is 13.2 Å². The first-order valence-electron chi connectivity index (χ1n) is 11.3. The quantitative estimate of drug-likeness (QED) is 0.395. The third-order valence-electron chi connectivity index (χ3n) is 6.63. The summed E-state index contributed by atoms with van der Waals surface area (Å²) < 4.78 is 56.6. The van der Waals surface area contributed by atoms with Crippen molar-refractivity contribution in [3.8, 4) is 0 Å². The summed E-state index contributed by atoms with van der Waals surface area (Å²) in [6.45, 7) is 0.406. The number of aromatic nitrogens is 3. The Hall–Kier alpha value is -3.53. The molecule has 35 heavy (non-hydrogen) atoms.